The molecule has 0 saturated carbocycles. The van der Waals surface area contributed by atoms with E-state index < -0.39 is 11.9 Å². The minimum atomic E-state index is -0.995. The van der Waals surface area contributed by atoms with Gasteiger partial charge in [-0.05, 0) is 79.6 Å². The van der Waals surface area contributed by atoms with E-state index in [9.17, 15) is 19.8 Å². The van der Waals surface area contributed by atoms with Crippen LogP contribution in [-0.4, -0.2) is 22.2 Å². The van der Waals surface area contributed by atoms with Crippen LogP contribution in [0, 0.1) is 27.7 Å². The number of hydrogen-bond donors (Lipinski definition) is 2. The van der Waals surface area contributed by atoms with Gasteiger partial charge in [-0.25, -0.2) is 9.59 Å². The standard InChI is InChI=1S/C19H20O4/c1-10-5-7-14(18(20)21)16(12(10)3)9-17-13(4)11(2)6-8-15(17)19(22)23/h5-8H,9H2,1-4H3,(H,20,21)(H,22,23). The van der Waals surface area contributed by atoms with Crippen molar-refractivity contribution in [1.29, 1.82) is 0 Å². The first-order valence-corrected chi connectivity index (χ1v) is 7.38. The zero-order valence-electron chi connectivity index (χ0n) is 13.7. The van der Waals surface area contributed by atoms with Gasteiger partial charge in [-0.3, -0.25) is 0 Å². The molecule has 0 radical (unpaired) electrons. The molecule has 0 fully saturated rings. The van der Waals surface area contributed by atoms with Crippen LogP contribution < -0.4 is 0 Å². The van der Waals surface area contributed by atoms with Crippen LogP contribution in [0.5, 0.6) is 0 Å². The molecule has 23 heavy (non-hydrogen) atoms. The summed E-state index contributed by atoms with van der Waals surface area (Å²) < 4.78 is 0. The number of carboxylic acids is 2. The summed E-state index contributed by atoms with van der Waals surface area (Å²) in [4.78, 5) is 23.1. The normalized spacial score (nSPS) is 10.6. The first-order valence-electron chi connectivity index (χ1n) is 7.38. The summed E-state index contributed by atoms with van der Waals surface area (Å²) in [5, 5.41) is 18.9. The number of benzene rings is 2. The lowest BCUT2D eigenvalue weighted by atomic mass is 9.87. The summed E-state index contributed by atoms with van der Waals surface area (Å²) in [5.74, 6) is -1.99. The molecule has 0 atom stereocenters. The molecule has 2 aromatic carbocycles. The second-order valence-electron chi connectivity index (χ2n) is 5.85. The summed E-state index contributed by atoms with van der Waals surface area (Å²) >= 11 is 0. The number of aromatic carboxylic acids is 2. The van der Waals surface area contributed by atoms with Gasteiger partial charge >= 0.3 is 11.9 Å². The van der Waals surface area contributed by atoms with Crippen molar-refractivity contribution < 1.29 is 19.8 Å². The lowest BCUT2D eigenvalue weighted by molar-refractivity contribution is 0.0686. The summed E-state index contributed by atoms with van der Waals surface area (Å²) in [6.07, 6.45) is 0.296. The van der Waals surface area contributed by atoms with Gasteiger partial charge in [0.2, 0.25) is 0 Å². The zero-order valence-corrected chi connectivity index (χ0v) is 13.7. The quantitative estimate of drug-likeness (QED) is 0.897. The van der Waals surface area contributed by atoms with Gasteiger partial charge in [0.1, 0.15) is 0 Å². The highest BCUT2D eigenvalue weighted by Gasteiger charge is 2.19. The Morgan fingerprint density at radius 1 is 0.739 bits per heavy atom. The SMILES string of the molecule is Cc1ccc(C(=O)O)c(Cc2c(C(=O)O)ccc(C)c2C)c1C. The van der Waals surface area contributed by atoms with E-state index >= 15 is 0 Å². The topological polar surface area (TPSA) is 74.6 Å². The highest BCUT2D eigenvalue weighted by atomic mass is 16.4. The van der Waals surface area contributed by atoms with Crippen molar-refractivity contribution in [1.82, 2.24) is 0 Å². The van der Waals surface area contributed by atoms with E-state index in [4.69, 9.17) is 0 Å². The van der Waals surface area contributed by atoms with Crippen molar-refractivity contribution in [3.63, 3.8) is 0 Å². The fraction of sp³-hybridized carbons (Fsp3) is 0.263. The molecule has 4 heteroatoms. The van der Waals surface area contributed by atoms with Crippen LogP contribution in [0.15, 0.2) is 24.3 Å². The van der Waals surface area contributed by atoms with Crippen LogP contribution in [0.1, 0.15) is 54.1 Å². The molecule has 0 heterocycles. The Bertz CT molecular complexity index is 736. The van der Waals surface area contributed by atoms with Crippen molar-refractivity contribution in [3.05, 3.63) is 68.8 Å². The van der Waals surface area contributed by atoms with Gasteiger partial charge in [0.15, 0.2) is 0 Å². The molecule has 0 bridgehead atoms. The van der Waals surface area contributed by atoms with E-state index in [-0.39, 0.29) is 11.1 Å². The summed E-state index contributed by atoms with van der Waals surface area (Å²) in [6.45, 7) is 7.60. The minimum Gasteiger partial charge on any atom is -0.478 e. The molecule has 2 N–H and O–H groups in total. The van der Waals surface area contributed by atoms with Gasteiger partial charge in [-0.2, -0.15) is 0 Å². The summed E-state index contributed by atoms with van der Waals surface area (Å²) in [5.41, 5.74) is 5.57. The van der Waals surface area contributed by atoms with Crippen molar-refractivity contribution in [2.75, 3.05) is 0 Å². The molecule has 0 spiro atoms. The highest BCUT2D eigenvalue weighted by Crippen LogP contribution is 2.27. The molecule has 0 amide bonds. The molecular weight excluding hydrogens is 292 g/mol. The van der Waals surface area contributed by atoms with Crippen molar-refractivity contribution in [3.8, 4) is 0 Å². The van der Waals surface area contributed by atoms with E-state index in [1.165, 1.54) is 0 Å². The number of carbonyl (C=O) groups is 2. The van der Waals surface area contributed by atoms with Gasteiger partial charge in [0, 0.05) is 0 Å². The van der Waals surface area contributed by atoms with Gasteiger partial charge in [0.25, 0.3) is 0 Å². The average Bonchev–Trinajstić information content (AvgIpc) is 2.47. The fourth-order valence-corrected chi connectivity index (χ4v) is 2.78. The van der Waals surface area contributed by atoms with Crippen LogP contribution in [0.2, 0.25) is 0 Å². The van der Waals surface area contributed by atoms with Crippen molar-refractivity contribution in [2.45, 2.75) is 34.1 Å². The van der Waals surface area contributed by atoms with Gasteiger partial charge < -0.3 is 10.2 Å². The molecule has 0 aliphatic carbocycles. The Kier molecular flexibility index (Phi) is 4.55. The van der Waals surface area contributed by atoms with Crippen molar-refractivity contribution in [2.24, 2.45) is 0 Å². The number of rotatable bonds is 4. The van der Waals surface area contributed by atoms with E-state index in [1.807, 2.05) is 27.7 Å². The third-order valence-electron chi connectivity index (χ3n) is 4.55. The molecule has 0 aliphatic rings. The number of carboxylic acid groups (broad SMARTS) is 2. The predicted octanol–water partition coefficient (Wildman–Crippen LogP) is 3.91. The molecule has 2 aromatic rings. The third-order valence-corrected chi connectivity index (χ3v) is 4.55. The monoisotopic (exact) mass is 312 g/mol. The third kappa shape index (κ3) is 3.11. The Balaban J connectivity index is 2.69. The van der Waals surface area contributed by atoms with E-state index in [1.54, 1.807) is 24.3 Å². The fourth-order valence-electron chi connectivity index (χ4n) is 2.78. The minimum absolute atomic E-state index is 0.227. The molecule has 0 unspecified atom stereocenters. The number of aryl methyl sites for hydroxylation is 2. The van der Waals surface area contributed by atoms with Crippen LogP contribution in [-0.2, 0) is 6.42 Å². The van der Waals surface area contributed by atoms with Gasteiger partial charge in [-0.15, -0.1) is 0 Å². The van der Waals surface area contributed by atoms with Crippen LogP contribution in [0.25, 0.3) is 0 Å². The smallest absolute Gasteiger partial charge is 0.335 e. The molecule has 0 aromatic heterocycles. The largest absolute Gasteiger partial charge is 0.478 e. The number of hydrogen-bond acceptors (Lipinski definition) is 2. The Hall–Kier alpha value is -2.62. The second kappa shape index (κ2) is 6.24. The van der Waals surface area contributed by atoms with Crippen LogP contribution in [0.3, 0.4) is 0 Å². The van der Waals surface area contributed by atoms with Gasteiger partial charge in [0.05, 0.1) is 11.1 Å². The Labute approximate surface area is 135 Å². The van der Waals surface area contributed by atoms with E-state index in [2.05, 4.69) is 0 Å². The first kappa shape index (κ1) is 16.7. The first-order chi connectivity index (χ1) is 10.7. The zero-order chi connectivity index (χ0) is 17.3. The maximum Gasteiger partial charge on any atom is 0.335 e. The maximum absolute atomic E-state index is 11.5. The highest BCUT2D eigenvalue weighted by molar-refractivity contribution is 5.92. The predicted molar refractivity (Wildman–Crippen MR) is 88.6 cm³/mol. The Morgan fingerprint density at radius 2 is 1.09 bits per heavy atom. The van der Waals surface area contributed by atoms with E-state index in [0.717, 1.165) is 22.3 Å². The Morgan fingerprint density at radius 3 is 1.39 bits per heavy atom. The molecule has 4 nitrogen and oxygen atoms in total. The molecule has 2 rings (SSSR count). The van der Waals surface area contributed by atoms with E-state index in [0.29, 0.717) is 17.5 Å². The van der Waals surface area contributed by atoms with Crippen LogP contribution in [0.4, 0.5) is 0 Å². The molecular formula is C19H20O4. The lowest BCUT2D eigenvalue weighted by Crippen LogP contribution is -2.11. The molecule has 120 valence electrons. The lowest BCUT2D eigenvalue weighted by Gasteiger charge is -2.17. The molecule has 0 saturated heterocycles. The van der Waals surface area contributed by atoms with Gasteiger partial charge in [-0.1, -0.05) is 12.1 Å². The van der Waals surface area contributed by atoms with Crippen LogP contribution >= 0.6 is 0 Å². The van der Waals surface area contributed by atoms with Crippen molar-refractivity contribution >= 4 is 11.9 Å². The molecule has 0 aliphatic heterocycles. The average molecular weight is 312 g/mol. The summed E-state index contributed by atoms with van der Waals surface area (Å²) in [6, 6.07) is 6.74. The summed E-state index contributed by atoms with van der Waals surface area (Å²) in [7, 11) is 0. The maximum atomic E-state index is 11.5. The second-order valence-corrected chi connectivity index (χ2v) is 5.85.